The molecule has 6 nitrogen and oxygen atoms in total. The number of nitrogens with zero attached hydrogens (tertiary/aromatic N) is 2. The molecule has 1 saturated heterocycles. The van der Waals surface area contributed by atoms with Crippen LogP contribution in [0.25, 0.3) is 0 Å². The highest BCUT2D eigenvalue weighted by molar-refractivity contribution is 7.89. The van der Waals surface area contributed by atoms with Crippen LogP contribution < -0.4 is 4.72 Å². The second-order valence-electron chi connectivity index (χ2n) is 5.18. The van der Waals surface area contributed by atoms with Gasteiger partial charge in [-0.3, -0.25) is 9.69 Å². The number of nitrogens with one attached hydrogen (secondary N) is 1. The molecule has 1 heterocycles. The van der Waals surface area contributed by atoms with Crippen molar-refractivity contribution in [3.8, 4) is 0 Å². The van der Waals surface area contributed by atoms with E-state index in [1.54, 1.807) is 30.0 Å². The summed E-state index contributed by atoms with van der Waals surface area (Å²) in [4.78, 5) is 15.3. The minimum absolute atomic E-state index is 0.0825. The Kier molecular flexibility index (Phi) is 5.80. The van der Waals surface area contributed by atoms with Gasteiger partial charge in [0.15, 0.2) is 0 Å². The Bertz CT molecular complexity index is 628. The van der Waals surface area contributed by atoms with Crippen molar-refractivity contribution < 1.29 is 13.2 Å². The molecule has 0 bridgehead atoms. The van der Waals surface area contributed by atoms with Gasteiger partial charge in [0.05, 0.1) is 5.02 Å². The molecule has 0 spiro atoms. The van der Waals surface area contributed by atoms with Crippen LogP contribution in [0, 0.1) is 0 Å². The maximum absolute atomic E-state index is 12.2. The van der Waals surface area contributed by atoms with Crippen LogP contribution in [0.5, 0.6) is 0 Å². The van der Waals surface area contributed by atoms with Crippen LogP contribution in [0.3, 0.4) is 0 Å². The van der Waals surface area contributed by atoms with Gasteiger partial charge in [0.25, 0.3) is 0 Å². The molecule has 1 aliphatic heterocycles. The maximum Gasteiger partial charge on any atom is 0.242 e. The van der Waals surface area contributed by atoms with Crippen LogP contribution in [0.4, 0.5) is 0 Å². The number of hydrogen-bond acceptors (Lipinski definition) is 4. The highest BCUT2D eigenvalue weighted by Crippen LogP contribution is 2.19. The van der Waals surface area contributed by atoms with Crippen LogP contribution in [0.2, 0.25) is 5.02 Å². The summed E-state index contributed by atoms with van der Waals surface area (Å²) in [6.45, 7) is 5.37. The molecule has 1 fully saturated rings. The van der Waals surface area contributed by atoms with Gasteiger partial charge in [-0.15, -0.1) is 0 Å². The van der Waals surface area contributed by atoms with Crippen LogP contribution >= 0.6 is 11.6 Å². The number of halogens is 1. The number of amides is 1. The van der Waals surface area contributed by atoms with Gasteiger partial charge in [0.1, 0.15) is 4.90 Å². The maximum atomic E-state index is 12.2. The second kappa shape index (κ2) is 7.41. The van der Waals surface area contributed by atoms with Gasteiger partial charge < -0.3 is 4.90 Å². The first-order chi connectivity index (χ1) is 10.4. The molecule has 0 saturated carbocycles. The SMILES string of the molecule is CC(=O)N1CCN(CCNS(=O)(=O)c2ccccc2Cl)CC1. The Labute approximate surface area is 136 Å². The molecular formula is C14H20ClN3O3S. The number of hydrogen-bond donors (Lipinski definition) is 1. The standard InChI is InChI=1S/C14H20ClN3O3S/c1-12(19)18-10-8-17(9-11-18)7-6-16-22(20,21)14-5-3-2-4-13(14)15/h2-5,16H,6-11H2,1H3. The van der Waals surface area contributed by atoms with E-state index in [4.69, 9.17) is 11.6 Å². The van der Waals surface area contributed by atoms with E-state index >= 15 is 0 Å². The average molecular weight is 346 g/mol. The predicted molar refractivity (Wildman–Crippen MR) is 85.3 cm³/mol. The van der Waals surface area contributed by atoms with Crippen LogP contribution in [0.15, 0.2) is 29.2 Å². The number of piperazine rings is 1. The summed E-state index contributed by atoms with van der Waals surface area (Å²) in [7, 11) is -3.59. The zero-order valence-corrected chi connectivity index (χ0v) is 14.0. The van der Waals surface area contributed by atoms with Crippen LogP contribution in [0.1, 0.15) is 6.92 Å². The Morgan fingerprint density at radius 1 is 1.23 bits per heavy atom. The monoisotopic (exact) mass is 345 g/mol. The van der Waals surface area contributed by atoms with Crippen molar-refractivity contribution >= 4 is 27.5 Å². The van der Waals surface area contributed by atoms with E-state index in [0.29, 0.717) is 26.2 Å². The van der Waals surface area contributed by atoms with Crippen LogP contribution in [-0.4, -0.2) is 63.4 Å². The predicted octanol–water partition coefficient (Wildman–Crippen LogP) is 0.782. The zero-order chi connectivity index (χ0) is 16.2. The summed E-state index contributed by atoms with van der Waals surface area (Å²) in [6.07, 6.45) is 0. The van der Waals surface area contributed by atoms with E-state index in [1.165, 1.54) is 6.07 Å². The van der Waals surface area contributed by atoms with Gasteiger partial charge in [-0.2, -0.15) is 0 Å². The lowest BCUT2D eigenvalue weighted by atomic mass is 10.3. The van der Waals surface area contributed by atoms with Crippen molar-refractivity contribution in [3.63, 3.8) is 0 Å². The highest BCUT2D eigenvalue weighted by atomic mass is 35.5. The van der Waals surface area contributed by atoms with Crippen molar-refractivity contribution in [2.75, 3.05) is 39.3 Å². The first-order valence-electron chi connectivity index (χ1n) is 7.12. The molecule has 1 aromatic rings. The lowest BCUT2D eigenvalue weighted by Gasteiger charge is -2.34. The summed E-state index contributed by atoms with van der Waals surface area (Å²) in [5.74, 6) is 0.0825. The van der Waals surface area contributed by atoms with Crippen LogP contribution in [-0.2, 0) is 14.8 Å². The molecule has 0 aromatic heterocycles. The third-order valence-corrected chi connectivity index (χ3v) is 5.62. The number of sulfonamides is 1. The fourth-order valence-electron chi connectivity index (χ4n) is 2.36. The first kappa shape index (κ1) is 17.2. The molecule has 0 aliphatic carbocycles. The summed E-state index contributed by atoms with van der Waals surface area (Å²) >= 11 is 5.92. The van der Waals surface area contributed by atoms with Gasteiger partial charge in [-0.1, -0.05) is 23.7 Å². The fraction of sp³-hybridized carbons (Fsp3) is 0.500. The summed E-state index contributed by atoms with van der Waals surface area (Å²) in [5.41, 5.74) is 0. The molecule has 0 radical (unpaired) electrons. The molecule has 22 heavy (non-hydrogen) atoms. The number of carbonyl (C=O) groups is 1. The van der Waals surface area contributed by atoms with E-state index in [0.717, 1.165) is 13.1 Å². The zero-order valence-electron chi connectivity index (χ0n) is 12.5. The minimum atomic E-state index is -3.59. The summed E-state index contributed by atoms with van der Waals surface area (Å²) in [6, 6.07) is 6.37. The molecule has 1 N–H and O–H groups in total. The molecule has 1 aliphatic rings. The Morgan fingerprint density at radius 3 is 2.45 bits per heavy atom. The number of benzene rings is 1. The van der Waals surface area contributed by atoms with Gasteiger partial charge in [-0.25, -0.2) is 13.1 Å². The van der Waals surface area contributed by atoms with Gasteiger partial charge >= 0.3 is 0 Å². The molecule has 0 atom stereocenters. The average Bonchev–Trinajstić information content (AvgIpc) is 2.48. The summed E-state index contributed by atoms with van der Waals surface area (Å²) < 4.78 is 26.9. The summed E-state index contributed by atoms with van der Waals surface area (Å²) in [5, 5.41) is 0.213. The largest absolute Gasteiger partial charge is 0.340 e. The van der Waals surface area contributed by atoms with E-state index in [2.05, 4.69) is 9.62 Å². The van der Waals surface area contributed by atoms with E-state index in [-0.39, 0.29) is 15.8 Å². The van der Waals surface area contributed by atoms with E-state index in [1.807, 2.05) is 0 Å². The lowest BCUT2D eigenvalue weighted by molar-refractivity contribution is -0.130. The Balaban J connectivity index is 1.82. The third kappa shape index (κ3) is 4.42. The normalized spacial score (nSPS) is 16.7. The molecule has 122 valence electrons. The van der Waals surface area contributed by atoms with Crippen molar-refractivity contribution in [2.45, 2.75) is 11.8 Å². The number of carbonyl (C=O) groups excluding carboxylic acids is 1. The van der Waals surface area contributed by atoms with Crippen molar-refractivity contribution in [1.82, 2.24) is 14.5 Å². The Hall–Kier alpha value is -1.15. The van der Waals surface area contributed by atoms with Gasteiger partial charge in [-0.05, 0) is 12.1 Å². The minimum Gasteiger partial charge on any atom is -0.340 e. The van der Waals surface area contributed by atoms with Gasteiger partial charge in [0, 0.05) is 46.2 Å². The molecule has 1 amide bonds. The van der Waals surface area contributed by atoms with Gasteiger partial charge in [0.2, 0.25) is 15.9 Å². The smallest absolute Gasteiger partial charge is 0.242 e. The van der Waals surface area contributed by atoms with Crippen molar-refractivity contribution in [3.05, 3.63) is 29.3 Å². The first-order valence-corrected chi connectivity index (χ1v) is 8.98. The Morgan fingerprint density at radius 2 is 1.86 bits per heavy atom. The van der Waals surface area contributed by atoms with Crippen molar-refractivity contribution in [2.24, 2.45) is 0 Å². The molecule has 8 heteroatoms. The van der Waals surface area contributed by atoms with E-state index in [9.17, 15) is 13.2 Å². The third-order valence-electron chi connectivity index (χ3n) is 3.66. The van der Waals surface area contributed by atoms with E-state index < -0.39 is 10.0 Å². The fourth-order valence-corrected chi connectivity index (χ4v) is 3.90. The number of rotatable bonds is 5. The molecule has 1 aromatic carbocycles. The highest BCUT2D eigenvalue weighted by Gasteiger charge is 2.20. The topological polar surface area (TPSA) is 69.7 Å². The van der Waals surface area contributed by atoms with Crippen molar-refractivity contribution in [1.29, 1.82) is 0 Å². The lowest BCUT2D eigenvalue weighted by Crippen LogP contribution is -2.49. The molecule has 0 unspecified atom stereocenters. The molecule has 2 rings (SSSR count). The molecular weight excluding hydrogens is 326 g/mol. The second-order valence-corrected chi connectivity index (χ2v) is 7.32. The quantitative estimate of drug-likeness (QED) is 0.856.